The van der Waals surface area contributed by atoms with Crippen molar-refractivity contribution in [3.05, 3.63) is 42.0 Å². The topological polar surface area (TPSA) is 38.5 Å². The van der Waals surface area contributed by atoms with E-state index in [0.29, 0.717) is 0 Å². The van der Waals surface area contributed by atoms with Crippen molar-refractivity contribution in [2.45, 2.75) is 25.2 Å². The molecule has 1 saturated heterocycles. The lowest BCUT2D eigenvalue weighted by atomic mass is 10.2. The van der Waals surface area contributed by atoms with Gasteiger partial charge in [-0.15, -0.1) is 0 Å². The van der Waals surface area contributed by atoms with E-state index < -0.39 is 8.48 Å². The molecule has 4 heteroatoms. The fourth-order valence-corrected chi connectivity index (χ4v) is 5.41. The second-order valence-electron chi connectivity index (χ2n) is 4.94. The Morgan fingerprint density at radius 3 is 2.78 bits per heavy atom. The van der Waals surface area contributed by atoms with E-state index in [1.54, 1.807) is 0 Å². The van der Waals surface area contributed by atoms with Crippen molar-refractivity contribution in [2.75, 3.05) is 13.7 Å². The Morgan fingerprint density at radius 1 is 1.39 bits per heavy atom. The van der Waals surface area contributed by atoms with Crippen LogP contribution in [0.3, 0.4) is 0 Å². The number of nitrogens with zero attached hydrogens (tertiary/aromatic N) is 1. The van der Waals surface area contributed by atoms with Gasteiger partial charge >= 0.3 is 0 Å². The summed E-state index contributed by atoms with van der Waals surface area (Å²) in [4.78, 5) is 0. The van der Waals surface area contributed by atoms with Crippen molar-refractivity contribution < 1.29 is 4.43 Å². The molecule has 0 amide bonds. The van der Waals surface area contributed by atoms with Crippen molar-refractivity contribution in [3.63, 3.8) is 0 Å². The zero-order chi connectivity index (χ0) is 13.0. The Hall–Kier alpha value is -0.943. The van der Waals surface area contributed by atoms with Crippen LogP contribution in [-0.4, -0.2) is 32.9 Å². The van der Waals surface area contributed by atoms with E-state index in [4.69, 9.17) is 10.2 Å². The molecule has 1 heterocycles. The predicted molar refractivity (Wildman–Crippen MR) is 78.2 cm³/mol. The summed E-state index contributed by atoms with van der Waals surface area (Å²) in [7, 11) is 0.0838. The Morgan fingerprint density at radius 2 is 2.11 bits per heavy atom. The fourth-order valence-electron chi connectivity index (χ4n) is 2.52. The molecule has 18 heavy (non-hydrogen) atoms. The maximum atomic E-state index is 6.27. The monoisotopic (exact) mass is 262 g/mol. The SMILES string of the molecule is CO[Si]1(C)CCCN1C(N)C=Cc1ccccc1. The maximum absolute atomic E-state index is 6.27. The Balaban J connectivity index is 2.04. The fraction of sp³-hybridized carbons (Fsp3) is 0.429. The molecule has 2 rings (SSSR count). The highest BCUT2D eigenvalue weighted by atomic mass is 28.4. The molecular weight excluding hydrogens is 240 g/mol. The molecule has 0 radical (unpaired) electrons. The van der Waals surface area contributed by atoms with Crippen LogP contribution in [0, 0.1) is 0 Å². The molecule has 1 aromatic rings. The number of hydrogen-bond acceptors (Lipinski definition) is 3. The van der Waals surface area contributed by atoms with Crippen LogP contribution in [-0.2, 0) is 4.43 Å². The summed E-state index contributed by atoms with van der Waals surface area (Å²) in [5.74, 6) is 0. The van der Waals surface area contributed by atoms with Crippen LogP contribution in [0.15, 0.2) is 36.4 Å². The van der Waals surface area contributed by atoms with Crippen molar-refractivity contribution in [2.24, 2.45) is 5.73 Å². The second kappa shape index (κ2) is 5.80. The third-order valence-corrected chi connectivity index (χ3v) is 7.63. The van der Waals surface area contributed by atoms with Gasteiger partial charge in [0.15, 0.2) is 0 Å². The van der Waals surface area contributed by atoms with E-state index >= 15 is 0 Å². The van der Waals surface area contributed by atoms with Crippen LogP contribution in [0.2, 0.25) is 12.6 Å². The Labute approximate surface area is 110 Å². The third-order valence-electron chi connectivity index (χ3n) is 3.73. The van der Waals surface area contributed by atoms with Gasteiger partial charge in [0.2, 0.25) is 0 Å². The molecule has 0 aromatic heterocycles. The zero-order valence-corrected chi connectivity index (χ0v) is 12.2. The van der Waals surface area contributed by atoms with Crippen LogP contribution in [0.1, 0.15) is 12.0 Å². The zero-order valence-electron chi connectivity index (χ0n) is 11.2. The standard InChI is InChI=1S/C14H22N2OSi/c1-17-18(2)12-6-11-16(18)14(15)10-9-13-7-4-3-5-8-13/h3-5,7-10,14H,6,11-12,15H2,1-2H3. The number of rotatable bonds is 4. The van der Waals surface area contributed by atoms with Gasteiger partial charge in [-0.1, -0.05) is 42.5 Å². The Kier molecular flexibility index (Phi) is 4.34. The molecule has 0 spiro atoms. The number of hydrogen-bond donors (Lipinski definition) is 1. The van der Waals surface area contributed by atoms with Crippen molar-refractivity contribution in [3.8, 4) is 0 Å². The average molecular weight is 262 g/mol. The van der Waals surface area contributed by atoms with Crippen LogP contribution in [0.4, 0.5) is 0 Å². The molecule has 2 N–H and O–H groups in total. The molecule has 1 aliphatic rings. The van der Waals surface area contributed by atoms with Crippen LogP contribution in [0.25, 0.3) is 6.08 Å². The van der Waals surface area contributed by atoms with Crippen molar-refractivity contribution >= 4 is 14.6 Å². The minimum absolute atomic E-state index is 0.0377. The molecule has 0 bridgehead atoms. The second-order valence-corrected chi connectivity index (χ2v) is 8.77. The highest BCUT2D eigenvalue weighted by molar-refractivity contribution is 6.70. The summed E-state index contributed by atoms with van der Waals surface area (Å²) in [5.41, 5.74) is 7.46. The first-order valence-corrected chi connectivity index (χ1v) is 9.03. The van der Waals surface area contributed by atoms with Gasteiger partial charge < -0.3 is 10.2 Å². The molecule has 1 fully saturated rings. The lowest BCUT2D eigenvalue weighted by molar-refractivity contribution is 0.292. The minimum atomic E-state index is -1.73. The van der Waals surface area contributed by atoms with Gasteiger partial charge in [0.1, 0.15) is 0 Å². The molecule has 0 saturated carbocycles. The summed E-state index contributed by atoms with van der Waals surface area (Å²) in [6.45, 7) is 3.30. The summed E-state index contributed by atoms with van der Waals surface area (Å²) in [6.07, 6.45) is 5.33. The van der Waals surface area contributed by atoms with Crippen LogP contribution in [0.5, 0.6) is 0 Å². The molecule has 1 aromatic carbocycles. The largest absolute Gasteiger partial charge is 0.406 e. The quantitative estimate of drug-likeness (QED) is 0.847. The number of nitrogens with two attached hydrogens (primary N) is 1. The van der Waals surface area contributed by atoms with E-state index in [0.717, 1.165) is 6.54 Å². The van der Waals surface area contributed by atoms with E-state index in [1.165, 1.54) is 18.0 Å². The first kappa shape index (κ1) is 13.5. The highest BCUT2D eigenvalue weighted by Crippen LogP contribution is 2.27. The molecule has 2 unspecified atom stereocenters. The molecule has 2 atom stereocenters. The van der Waals surface area contributed by atoms with E-state index in [-0.39, 0.29) is 6.17 Å². The average Bonchev–Trinajstić information content (AvgIpc) is 2.80. The van der Waals surface area contributed by atoms with Gasteiger partial charge in [0.05, 0.1) is 6.17 Å². The third kappa shape index (κ3) is 2.90. The van der Waals surface area contributed by atoms with E-state index in [9.17, 15) is 0 Å². The molecule has 3 nitrogen and oxygen atoms in total. The van der Waals surface area contributed by atoms with E-state index in [1.807, 2.05) is 25.3 Å². The first-order chi connectivity index (χ1) is 8.65. The molecular formula is C14H22N2OSi. The van der Waals surface area contributed by atoms with Gasteiger partial charge in [-0.25, -0.2) is 0 Å². The lowest BCUT2D eigenvalue weighted by Gasteiger charge is -2.34. The van der Waals surface area contributed by atoms with Gasteiger partial charge in [-0.05, 0) is 31.1 Å². The summed E-state index contributed by atoms with van der Waals surface area (Å²) in [6, 6.07) is 11.4. The lowest BCUT2D eigenvalue weighted by Crippen LogP contribution is -2.55. The van der Waals surface area contributed by atoms with Crippen LogP contribution >= 0.6 is 0 Å². The van der Waals surface area contributed by atoms with E-state index in [2.05, 4.69) is 35.4 Å². The summed E-state index contributed by atoms with van der Waals surface area (Å²) in [5, 5.41) is 0. The first-order valence-electron chi connectivity index (χ1n) is 6.46. The smallest absolute Gasteiger partial charge is 0.269 e. The highest BCUT2D eigenvalue weighted by Gasteiger charge is 2.42. The molecule has 1 aliphatic heterocycles. The summed E-state index contributed by atoms with van der Waals surface area (Å²) >= 11 is 0. The van der Waals surface area contributed by atoms with Gasteiger partial charge in [0, 0.05) is 7.11 Å². The molecule has 98 valence electrons. The van der Waals surface area contributed by atoms with Gasteiger partial charge in [-0.3, -0.25) is 4.57 Å². The summed E-state index contributed by atoms with van der Waals surface area (Å²) < 4.78 is 8.09. The predicted octanol–water partition coefficient (Wildman–Crippen LogP) is 2.41. The Bertz CT molecular complexity index is 410. The number of benzene rings is 1. The van der Waals surface area contributed by atoms with Crippen LogP contribution < -0.4 is 5.73 Å². The molecule has 0 aliphatic carbocycles. The normalized spacial score (nSPS) is 26.8. The van der Waals surface area contributed by atoms with Crippen molar-refractivity contribution in [1.82, 2.24) is 4.57 Å². The van der Waals surface area contributed by atoms with Gasteiger partial charge in [-0.2, -0.15) is 0 Å². The minimum Gasteiger partial charge on any atom is -0.406 e. The maximum Gasteiger partial charge on any atom is 0.269 e. The van der Waals surface area contributed by atoms with Crippen molar-refractivity contribution in [1.29, 1.82) is 0 Å². The van der Waals surface area contributed by atoms with Gasteiger partial charge in [0.25, 0.3) is 8.48 Å².